The van der Waals surface area contributed by atoms with Gasteiger partial charge in [0.05, 0.1) is 0 Å². The molecule has 2 rings (SSSR count). The number of rotatable bonds is 4. The molecule has 3 nitrogen and oxygen atoms in total. The summed E-state index contributed by atoms with van der Waals surface area (Å²) in [6.45, 7) is 6.92. The molecule has 0 amide bonds. The summed E-state index contributed by atoms with van der Waals surface area (Å²) < 4.78 is 6.09. The molecule has 1 aromatic heterocycles. The fourth-order valence-electron chi connectivity index (χ4n) is 2.06. The zero-order valence-electron chi connectivity index (χ0n) is 11.4. The van der Waals surface area contributed by atoms with Crippen molar-refractivity contribution in [3.8, 4) is 5.75 Å². The summed E-state index contributed by atoms with van der Waals surface area (Å²) in [7, 11) is 1.93. The van der Waals surface area contributed by atoms with Crippen LogP contribution >= 0.6 is 0 Å². The number of aryl methyl sites for hydroxylation is 1. The van der Waals surface area contributed by atoms with Crippen LogP contribution in [0.25, 0.3) is 10.9 Å². The first-order chi connectivity index (χ1) is 8.52. The summed E-state index contributed by atoms with van der Waals surface area (Å²) in [5.74, 6) is 0.844. The predicted molar refractivity (Wildman–Crippen MR) is 75.1 cm³/mol. The van der Waals surface area contributed by atoms with Crippen molar-refractivity contribution in [2.45, 2.75) is 26.4 Å². The topological polar surface area (TPSA) is 34.1 Å². The Morgan fingerprint density at radius 3 is 2.72 bits per heavy atom. The van der Waals surface area contributed by atoms with E-state index >= 15 is 0 Å². The number of fused-ring (bicyclic) bond motifs is 1. The molecule has 2 aromatic rings. The Morgan fingerprint density at radius 2 is 2.00 bits per heavy atom. The maximum absolute atomic E-state index is 6.09. The van der Waals surface area contributed by atoms with Crippen LogP contribution in [0.15, 0.2) is 30.3 Å². The monoisotopic (exact) mass is 244 g/mol. The van der Waals surface area contributed by atoms with Crippen molar-refractivity contribution in [3.05, 3.63) is 36.0 Å². The fraction of sp³-hybridized carbons (Fsp3) is 0.400. The van der Waals surface area contributed by atoms with Gasteiger partial charge in [0.15, 0.2) is 0 Å². The van der Waals surface area contributed by atoms with Crippen molar-refractivity contribution in [1.82, 2.24) is 10.3 Å². The second kappa shape index (κ2) is 4.94. The highest BCUT2D eigenvalue weighted by Crippen LogP contribution is 2.27. The molecule has 0 bridgehead atoms. The average molecular weight is 244 g/mol. The van der Waals surface area contributed by atoms with Crippen molar-refractivity contribution in [3.63, 3.8) is 0 Å². The molecule has 0 radical (unpaired) electrons. The number of nitrogens with zero attached hydrogens (tertiary/aromatic N) is 1. The minimum atomic E-state index is -0.255. The average Bonchev–Trinajstić information content (AvgIpc) is 2.29. The van der Waals surface area contributed by atoms with Crippen molar-refractivity contribution in [1.29, 1.82) is 0 Å². The van der Waals surface area contributed by atoms with Gasteiger partial charge in [0, 0.05) is 17.6 Å². The van der Waals surface area contributed by atoms with Crippen LogP contribution in [-0.4, -0.2) is 24.2 Å². The number of ether oxygens (including phenoxy) is 1. The van der Waals surface area contributed by atoms with Crippen molar-refractivity contribution in [2.75, 3.05) is 13.6 Å². The molecule has 1 aromatic carbocycles. The first-order valence-electron chi connectivity index (χ1n) is 6.22. The van der Waals surface area contributed by atoms with Crippen LogP contribution in [0, 0.1) is 6.92 Å². The third-order valence-electron chi connectivity index (χ3n) is 2.81. The van der Waals surface area contributed by atoms with Crippen LogP contribution in [-0.2, 0) is 0 Å². The van der Waals surface area contributed by atoms with E-state index < -0.39 is 0 Å². The number of para-hydroxylation sites is 1. The second-order valence-corrected chi connectivity index (χ2v) is 5.17. The summed E-state index contributed by atoms with van der Waals surface area (Å²) in [5.41, 5.74) is 1.68. The molecule has 0 saturated carbocycles. The normalized spacial score (nSPS) is 11.8. The Balaban J connectivity index is 2.41. The Hall–Kier alpha value is -1.61. The standard InChI is InChI=1S/C15H20N2O/c1-11-8-9-12-6-5-7-13(14(12)17-11)18-15(2,3)10-16-4/h5-9,16H,10H2,1-4H3. The molecule has 18 heavy (non-hydrogen) atoms. The maximum atomic E-state index is 6.09. The van der Waals surface area contributed by atoms with Gasteiger partial charge in [-0.3, -0.25) is 0 Å². The molecule has 0 atom stereocenters. The van der Waals surface area contributed by atoms with Gasteiger partial charge >= 0.3 is 0 Å². The van der Waals surface area contributed by atoms with Gasteiger partial charge in [-0.25, -0.2) is 4.98 Å². The number of nitrogens with one attached hydrogen (secondary N) is 1. The highest BCUT2D eigenvalue weighted by atomic mass is 16.5. The first-order valence-corrected chi connectivity index (χ1v) is 6.22. The van der Waals surface area contributed by atoms with Crippen LogP contribution in [0.3, 0.4) is 0 Å². The van der Waals surface area contributed by atoms with Gasteiger partial charge in [0.1, 0.15) is 16.9 Å². The Labute approximate surface area is 108 Å². The highest BCUT2D eigenvalue weighted by molar-refractivity contribution is 5.84. The number of hydrogen-bond donors (Lipinski definition) is 1. The second-order valence-electron chi connectivity index (χ2n) is 5.17. The zero-order valence-corrected chi connectivity index (χ0v) is 11.4. The molecule has 0 fully saturated rings. The number of benzene rings is 1. The van der Waals surface area contributed by atoms with Crippen LogP contribution in [0.2, 0.25) is 0 Å². The summed E-state index contributed by atoms with van der Waals surface area (Å²) in [5, 5.41) is 4.25. The Bertz CT molecular complexity index is 549. The fourth-order valence-corrected chi connectivity index (χ4v) is 2.06. The minimum Gasteiger partial charge on any atom is -0.484 e. The summed E-state index contributed by atoms with van der Waals surface area (Å²) in [6.07, 6.45) is 0. The first kappa shape index (κ1) is 12.8. The summed E-state index contributed by atoms with van der Waals surface area (Å²) in [4.78, 5) is 4.57. The predicted octanol–water partition coefficient (Wildman–Crippen LogP) is 2.92. The summed E-state index contributed by atoms with van der Waals surface area (Å²) >= 11 is 0. The van der Waals surface area contributed by atoms with Gasteiger partial charge in [0.2, 0.25) is 0 Å². The van der Waals surface area contributed by atoms with Crippen LogP contribution in [0.5, 0.6) is 5.75 Å². The van der Waals surface area contributed by atoms with Crippen molar-refractivity contribution in [2.24, 2.45) is 0 Å². The zero-order chi connectivity index (χ0) is 13.2. The van der Waals surface area contributed by atoms with Gasteiger partial charge < -0.3 is 10.1 Å². The molecule has 0 spiro atoms. The molecule has 0 aliphatic rings. The Kier molecular flexibility index (Phi) is 3.53. The van der Waals surface area contributed by atoms with E-state index in [1.165, 1.54) is 0 Å². The van der Waals surface area contributed by atoms with Crippen molar-refractivity contribution < 1.29 is 4.74 Å². The maximum Gasteiger partial charge on any atom is 0.146 e. The van der Waals surface area contributed by atoms with E-state index in [-0.39, 0.29) is 5.60 Å². The van der Waals surface area contributed by atoms with Crippen LogP contribution in [0.4, 0.5) is 0 Å². The van der Waals surface area contributed by atoms with Gasteiger partial charge in [-0.05, 0) is 40.0 Å². The van der Waals surface area contributed by atoms with E-state index in [9.17, 15) is 0 Å². The van der Waals surface area contributed by atoms with Crippen molar-refractivity contribution >= 4 is 10.9 Å². The molecule has 96 valence electrons. The third kappa shape index (κ3) is 2.79. The lowest BCUT2D eigenvalue weighted by molar-refractivity contribution is 0.112. The third-order valence-corrected chi connectivity index (χ3v) is 2.81. The number of likely N-dealkylation sites (N-methyl/N-ethyl adjacent to an activating group) is 1. The lowest BCUT2D eigenvalue weighted by Crippen LogP contribution is -2.38. The van der Waals surface area contributed by atoms with Gasteiger partial charge in [0.25, 0.3) is 0 Å². The Morgan fingerprint density at radius 1 is 1.22 bits per heavy atom. The van der Waals surface area contributed by atoms with Gasteiger partial charge in [-0.1, -0.05) is 18.2 Å². The molecular formula is C15H20N2O. The molecule has 1 N–H and O–H groups in total. The lowest BCUT2D eigenvalue weighted by Gasteiger charge is -2.26. The lowest BCUT2D eigenvalue weighted by atomic mass is 10.1. The largest absolute Gasteiger partial charge is 0.484 e. The highest BCUT2D eigenvalue weighted by Gasteiger charge is 2.20. The quantitative estimate of drug-likeness (QED) is 0.898. The molecule has 0 unspecified atom stereocenters. The van der Waals surface area contributed by atoms with E-state index in [4.69, 9.17) is 4.74 Å². The van der Waals surface area contributed by atoms with E-state index in [1.54, 1.807) is 0 Å². The molecule has 1 heterocycles. The SMILES string of the molecule is CNCC(C)(C)Oc1cccc2ccc(C)nc12. The van der Waals surface area contributed by atoms with E-state index in [0.717, 1.165) is 28.9 Å². The smallest absolute Gasteiger partial charge is 0.146 e. The molecule has 0 aliphatic heterocycles. The molecule has 0 saturated heterocycles. The van der Waals surface area contributed by atoms with E-state index in [2.05, 4.69) is 36.3 Å². The molecule has 3 heteroatoms. The summed E-state index contributed by atoms with van der Waals surface area (Å²) in [6, 6.07) is 10.1. The van der Waals surface area contributed by atoms with E-state index in [1.807, 2.05) is 32.2 Å². The van der Waals surface area contributed by atoms with E-state index in [0.29, 0.717) is 0 Å². The minimum absolute atomic E-state index is 0.255. The van der Waals surface area contributed by atoms with Crippen LogP contribution < -0.4 is 10.1 Å². The molecule has 0 aliphatic carbocycles. The molecular weight excluding hydrogens is 224 g/mol. The number of hydrogen-bond acceptors (Lipinski definition) is 3. The number of aromatic nitrogens is 1. The van der Waals surface area contributed by atoms with Crippen LogP contribution in [0.1, 0.15) is 19.5 Å². The van der Waals surface area contributed by atoms with Gasteiger partial charge in [-0.2, -0.15) is 0 Å². The van der Waals surface area contributed by atoms with Gasteiger partial charge in [-0.15, -0.1) is 0 Å². The number of pyridine rings is 1.